The topological polar surface area (TPSA) is 60.2 Å². The molecular formula is C15H20FN3OS. The van der Waals surface area contributed by atoms with Crippen LogP contribution in [0.2, 0.25) is 0 Å². The first-order valence-electron chi connectivity index (χ1n) is 6.97. The van der Waals surface area contributed by atoms with E-state index in [-0.39, 0.29) is 11.7 Å². The molecule has 21 heavy (non-hydrogen) atoms. The summed E-state index contributed by atoms with van der Waals surface area (Å²) in [7, 11) is 0. The lowest BCUT2D eigenvalue weighted by Crippen LogP contribution is -2.11. The predicted molar refractivity (Wildman–Crippen MR) is 85.6 cm³/mol. The summed E-state index contributed by atoms with van der Waals surface area (Å²) in [5.41, 5.74) is 6.92. The Bertz CT molecular complexity index is 575. The molecule has 0 amide bonds. The van der Waals surface area contributed by atoms with Crippen LogP contribution >= 0.6 is 11.3 Å². The monoisotopic (exact) mass is 309 g/mol. The highest BCUT2D eigenvalue weighted by atomic mass is 32.1. The lowest BCUT2D eigenvalue weighted by molar-refractivity contribution is 0.301. The van der Waals surface area contributed by atoms with Crippen molar-refractivity contribution >= 4 is 22.7 Å². The molecule has 3 N–H and O–H groups in total. The van der Waals surface area contributed by atoms with Crippen molar-refractivity contribution in [3.63, 3.8) is 0 Å². The van der Waals surface area contributed by atoms with Gasteiger partial charge in [0.2, 0.25) is 0 Å². The molecule has 0 fully saturated rings. The number of nitrogens with zero attached hydrogens (tertiary/aromatic N) is 1. The Kier molecular flexibility index (Phi) is 5.38. The predicted octanol–water partition coefficient (Wildman–Crippen LogP) is 3.87. The number of hydrogen-bond donors (Lipinski definition) is 2. The number of nitrogen functional groups attached to an aromatic ring is 1. The number of benzene rings is 1. The molecule has 2 rings (SSSR count). The van der Waals surface area contributed by atoms with Gasteiger partial charge in [-0.25, -0.2) is 9.37 Å². The molecule has 0 spiro atoms. The van der Waals surface area contributed by atoms with Crippen molar-refractivity contribution in [1.29, 1.82) is 0 Å². The fraction of sp³-hybridized carbons (Fsp3) is 0.400. The molecule has 0 bridgehead atoms. The van der Waals surface area contributed by atoms with Crippen molar-refractivity contribution in [2.75, 3.05) is 24.2 Å². The minimum absolute atomic E-state index is 0.232. The third-order valence-corrected chi connectivity index (χ3v) is 4.04. The van der Waals surface area contributed by atoms with Crippen molar-refractivity contribution < 1.29 is 9.13 Å². The maximum atomic E-state index is 13.7. The average Bonchev–Trinajstić information content (AvgIpc) is 2.99. The molecule has 0 aliphatic rings. The van der Waals surface area contributed by atoms with E-state index in [0.29, 0.717) is 24.5 Å². The Balaban J connectivity index is 2.05. The van der Waals surface area contributed by atoms with E-state index in [1.807, 2.05) is 12.3 Å². The minimum Gasteiger partial charge on any atom is -0.490 e. The summed E-state index contributed by atoms with van der Waals surface area (Å²) in [5, 5.41) is 6.25. The fourth-order valence-corrected chi connectivity index (χ4v) is 2.57. The van der Waals surface area contributed by atoms with Crippen LogP contribution in [0.4, 0.5) is 15.8 Å². The van der Waals surface area contributed by atoms with Crippen molar-refractivity contribution in [1.82, 2.24) is 4.98 Å². The molecule has 0 aliphatic carbocycles. The quantitative estimate of drug-likeness (QED) is 0.762. The molecular weight excluding hydrogens is 289 g/mol. The normalized spacial score (nSPS) is 12.1. The molecule has 1 aromatic heterocycles. The first kappa shape index (κ1) is 15.6. The van der Waals surface area contributed by atoms with Gasteiger partial charge in [-0.1, -0.05) is 13.8 Å². The smallest absolute Gasteiger partial charge is 0.167 e. The van der Waals surface area contributed by atoms with Gasteiger partial charge in [-0.15, -0.1) is 11.3 Å². The first-order valence-corrected chi connectivity index (χ1v) is 7.84. The molecule has 0 aliphatic heterocycles. The van der Waals surface area contributed by atoms with Crippen molar-refractivity contribution in [3.8, 4) is 5.75 Å². The number of anilines is 2. The van der Waals surface area contributed by atoms with Crippen LogP contribution in [0, 0.1) is 5.82 Å². The summed E-state index contributed by atoms with van der Waals surface area (Å²) in [6.07, 6.45) is 2.62. The highest BCUT2D eigenvalue weighted by Gasteiger charge is 2.12. The SMILES string of the molecule is CCCOc1cc(NCC(C)c2nccs2)c(N)cc1F. The van der Waals surface area contributed by atoms with Gasteiger partial charge >= 0.3 is 0 Å². The molecule has 2 aromatic rings. The third kappa shape index (κ3) is 4.07. The molecule has 0 saturated carbocycles. The number of hydrogen-bond acceptors (Lipinski definition) is 5. The molecule has 114 valence electrons. The van der Waals surface area contributed by atoms with Gasteiger partial charge in [-0.05, 0) is 6.42 Å². The standard InChI is InChI=1S/C15H20FN3OS/c1-3-5-20-14-8-13(12(17)7-11(14)16)19-9-10(2)15-18-4-6-21-15/h4,6-8,10,19H,3,5,9,17H2,1-2H3. The maximum absolute atomic E-state index is 13.7. The van der Waals surface area contributed by atoms with Gasteiger partial charge in [0.15, 0.2) is 11.6 Å². The van der Waals surface area contributed by atoms with E-state index in [1.54, 1.807) is 23.6 Å². The second kappa shape index (κ2) is 7.26. The molecule has 1 unspecified atom stereocenters. The van der Waals surface area contributed by atoms with Crippen LogP contribution in [0.3, 0.4) is 0 Å². The number of nitrogens with one attached hydrogen (secondary N) is 1. The molecule has 0 radical (unpaired) electrons. The molecule has 1 aromatic carbocycles. The summed E-state index contributed by atoms with van der Waals surface area (Å²) >= 11 is 1.62. The average molecular weight is 309 g/mol. The first-order chi connectivity index (χ1) is 10.1. The Morgan fingerprint density at radius 2 is 2.29 bits per heavy atom. The highest BCUT2D eigenvalue weighted by molar-refractivity contribution is 7.09. The van der Waals surface area contributed by atoms with Gasteiger partial charge in [0.05, 0.1) is 23.0 Å². The van der Waals surface area contributed by atoms with Gasteiger partial charge in [0, 0.05) is 36.2 Å². The number of rotatable bonds is 7. The Hall–Kier alpha value is -1.82. The zero-order valence-corrected chi connectivity index (χ0v) is 13.0. The van der Waals surface area contributed by atoms with E-state index in [4.69, 9.17) is 10.5 Å². The number of aromatic nitrogens is 1. The van der Waals surface area contributed by atoms with Gasteiger partial charge < -0.3 is 15.8 Å². The van der Waals surface area contributed by atoms with E-state index >= 15 is 0 Å². The van der Waals surface area contributed by atoms with Crippen LogP contribution in [-0.4, -0.2) is 18.1 Å². The van der Waals surface area contributed by atoms with E-state index in [1.165, 1.54) is 6.07 Å². The minimum atomic E-state index is -0.431. The van der Waals surface area contributed by atoms with Crippen molar-refractivity contribution in [3.05, 3.63) is 34.5 Å². The van der Waals surface area contributed by atoms with Crippen LogP contribution in [0.25, 0.3) is 0 Å². The van der Waals surface area contributed by atoms with Crippen LogP contribution in [-0.2, 0) is 0 Å². The van der Waals surface area contributed by atoms with Gasteiger partial charge in [-0.2, -0.15) is 0 Å². The number of nitrogens with two attached hydrogens (primary N) is 1. The summed E-state index contributed by atoms with van der Waals surface area (Å²) in [4.78, 5) is 4.29. The Morgan fingerprint density at radius 3 is 2.95 bits per heavy atom. The largest absolute Gasteiger partial charge is 0.490 e. The second-order valence-corrected chi connectivity index (χ2v) is 5.80. The number of ether oxygens (including phenoxy) is 1. The summed E-state index contributed by atoms with van der Waals surface area (Å²) < 4.78 is 19.1. The Morgan fingerprint density at radius 1 is 1.48 bits per heavy atom. The van der Waals surface area contributed by atoms with Gasteiger partial charge in [0.25, 0.3) is 0 Å². The van der Waals surface area contributed by atoms with E-state index in [0.717, 1.165) is 11.4 Å². The van der Waals surface area contributed by atoms with Crippen LogP contribution in [0.15, 0.2) is 23.7 Å². The lowest BCUT2D eigenvalue weighted by Gasteiger charge is -2.15. The van der Waals surface area contributed by atoms with Gasteiger partial charge in [0.1, 0.15) is 0 Å². The molecule has 6 heteroatoms. The summed E-state index contributed by atoms with van der Waals surface area (Å²) in [6.45, 7) is 5.22. The highest BCUT2D eigenvalue weighted by Crippen LogP contribution is 2.29. The molecule has 1 heterocycles. The van der Waals surface area contributed by atoms with Crippen molar-refractivity contribution in [2.24, 2.45) is 0 Å². The number of thiazole rings is 1. The lowest BCUT2D eigenvalue weighted by atomic mass is 10.2. The summed E-state index contributed by atoms with van der Waals surface area (Å²) in [5.74, 6) is 0.0596. The van der Waals surface area contributed by atoms with Crippen LogP contribution < -0.4 is 15.8 Å². The second-order valence-electron chi connectivity index (χ2n) is 4.87. The van der Waals surface area contributed by atoms with Gasteiger partial charge in [-0.3, -0.25) is 0 Å². The van der Waals surface area contributed by atoms with Crippen molar-refractivity contribution in [2.45, 2.75) is 26.2 Å². The zero-order valence-electron chi connectivity index (χ0n) is 12.2. The zero-order chi connectivity index (χ0) is 15.2. The third-order valence-electron chi connectivity index (χ3n) is 3.04. The molecule has 0 saturated heterocycles. The van der Waals surface area contributed by atoms with Crippen LogP contribution in [0.1, 0.15) is 31.2 Å². The molecule has 1 atom stereocenters. The van der Waals surface area contributed by atoms with E-state index < -0.39 is 5.82 Å². The fourth-order valence-electron chi connectivity index (χ4n) is 1.87. The van der Waals surface area contributed by atoms with Crippen LogP contribution in [0.5, 0.6) is 5.75 Å². The maximum Gasteiger partial charge on any atom is 0.167 e. The number of halogens is 1. The Labute approximate surface area is 128 Å². The molecule has 4 nitrogen and oxygen atoms in total. The van der Waals surface area contributed by atoms with E-state index in [2.05, 4.69) is 17.2 Å². The van der Waals surface area contributed by atoms with E-state index in [9.17, 15) is 4.39 Å². The summed E-state index contributed by atoms with van der Waals surface area (Å²) in [6, 6.07) is 2.91.